The third-order valence-corrected chi connectivity index (χ3v) is 4.89. The Morgan fingerprint density at radius 3 is 2.00 bits per heavy atom. The van der Waals surface area contributed by atoms with E-state index in [2.05, 4.69) is 19.6 Å². The van der Waals surface area contributed by atoms with Gasteiger partial charge in [0, 0.05) is 12.8 Å². The molecule has 0 spiro atoms. The van der Waals surface area contributed by atoms with E-state index in [4.69, 9.17) is 14.0 Å². The molecule has 28 heavy (non-hydrogen) atoms. The molecule has 0 fully saturated rings. The van der Waals surface area contributed by atoms with Crippen molar-refractivity contribution < 1.29 is 28.2 Å². The highest BCUT2D eigenvalue weighted by molar-refractivity contribution is 7.80. The molecule has 1 atom stereocenters. The highest BCUT2D eigenvalue weighted by Gasteiger charge is 2.17. The van der Waals surface area contributed by atoms with Crippen molar-refractivity contribution >= 4 is 33.3 Å². The van der Waals surface area contributed by atoms with Crippen molar-refractivity contribution in [3.05, 3.63) is 0 Å². The third kappa shape index (κ3) is 18.7. The Balaban J connectivity index is 3.94. The maximum absolute atomic E-state index is 11.9. The van der Waals surface area contributed by atoms with Crippen LogP contribution in [0.1, 0.15) is 90.4 Å². The minimum Gasteiger partial charge on any atom is -0.462 e. The van der Waals surface area contributed by atoms with Gasteiger partial charge >= 0.3 is 20.6 Å². The van der Waals surface area contributed by atoms with Crippen molar-refractivity contribution in [2.75, 3.05) is 19.0 Å². The summed E-state index contributed by atoms with van der Waals surface area (Å²) >= 11 is 4.18. The summed E-state index contributed by atoms with van der Waals surface area (Å²) in [6.45, 7) is 2.00. The second-order valence-corrected chi connectivity index (χ2v) is 7.78. The molecule has 0 radical (unpaired) electrons. The summed E-state index contributed by atoms with van der Waals surface area (Å²) in [7, 11) is -0.492. The fourth-order valence-electron chi connectivity index (χ4n) is 2.69. The Bertz CT molecular complexity index is 408. The second kappa shape index (κ2) is 21.1. The molecule has 0 rings (SSSR count). The van der Waals surface area contributed by atoms with Gasteiger partial charge in [-0.1, -0.05) is 58.3 Å². The summed E-state index contributed by atoms with van der Waals surface area (Å²) in [5, 5.41) is 0. The molecule has 0 aromatic carbocycles. The molecule has 0 aliphatic rings. The van der Waals surface area contributed by atoms with Crippen LogP contribution in [0.3, 0.4) is 0 Å². The summed E-state index contributed by atoms with van der Waals surface area (Å²) in [4.78, 5) is 23.7. The minimum atomic E-state index is -0.727. The second-order valence-electron chi connectivity index (χ2n) is 6.92. The molecule has 164 valence electrons. The zero-order chi connectivity index (χ0) is 20.9. The number of unbranched alkanes of at least 4 members (excludes halogenated alkanes) is 9. The van der Waals surface area contributed by atoms with Gasteiger partial charge in [-0.3, -0.25) is 14.1 Å². The maximum Gasteiger partial charge on any atom is 0.327 e. The van der Waals surface area contributed by atoms with Gasteiger partial charge in [0.25, 0.3) is 0 Å². The minimum absolute atomic E-state index is 0.0644. The van der Waals surface area contributed by atoms with Gasteiger partial charge in [-0.25, -0.2) is 4.57 Å². The molecule has 0 heterocycles. The van der Waals surface area contributed by atoms with Gasteiger partial charge < -0.3 is 9.47 Å². The highest BCUT2D eigenvalue weighted by atomic mass is 32.1. The molecule has 0 amide bonds. The molecule has 0 N–H and O–H groups in total. The average Bonchev–Trinajstić information content (AvgIpc) is 2.69. The van der Waals surface area contributed by atoms with Gasteiger partial charge in [-0.05, 0) is 25.0 Å². The van der Waals surface area contributed by atoms with Crippen LogP contribution in [-0.2, 0) is 28.2 Å². The maximum atomic E-state index is 11.9. The van der Waals surface area contributed by atoms with Crippen LogP contribution in [0.4, 0.5) is 0 Å². The Kier molecular flexibility index (Phi) is 20.6. The number of carbonyl (C=O) groups excluding carboxylic acids is 2. The van der Waals surface area contributed by atoms with E-state index in [0.29, 0.717) is 12.8 Å². The van der Waals surface area contributed by atoms with Crippen LogP contribution in [0.5, 0.6) is 0 Å². The van der Waals surface area contributed by atoms with Crippen molar-refractivity contribution in [1.82, 2.24) is 0 Å². The smallest absolute Gasteiger partial charge is 0.327 e. The lowest BCUT2D eigenvalue weighted by molar-refractivity contribution is -0.160. The van der Waals surface area contributed by atoms with Gasteiger partial charge in [-0.2, -0.15) is 12.6 Å². The number of ether oxygens (including phenoxy) is 2. The predicted molar refractivity (Wildman–Crippen MR) is 114 cm³/mol. The molecule has 0 aromatic heterocycles. The van der Waals surface area contributed by atoms with Crippen LogP contribution in [0.25, 0.3) is 0 Å². The molecular weight excluding hydrogens is 399 g/mol. The molecule has 0 aliphatic heterocycles. The van der Waals surface area contributed by atoms with E-state index in [0.717, 1.165) is 63.5 Å². The van der Waals surface area contributed by atoms with Crippen LogP contribution in [-0.4, -0.2) is 37.0 Å². The van der Waals surface area contributed by atoms with E-state index in [9.17, 15) is 14.2 Å². The van der Waals surface area contributed by atoms with Crippen molar-refractivity contribution in [3.63, 3.8) is 0 Å². The SMILES string of the molecule is CCCCCCCC(=O)O[C@H](COP=O)COC(=O)CCCCCCCCS. The predicted octanol–water partition coefficient (Wildman–Crippen LogP) is 5.69. The number of carbonyl (C=O) groups is 2. The number of esters is 2. The van der Waals surface area contributed by atoms with E-state index >= 15 is 0 Å². The molecular formula is C20H37O6PS. The van der Waals surface area contributed by atoms with Crippen LogP contribution < -0.4 is 0 Å². The fraction of sp³-hybridized carbons (Fsp3) is 0.900. The Labute approximate surface area is 177 Å². The lowest BCUT2D eigenvalue weighted by Gasteiger charge is -2.16. The summed E-state index contributed by atoms with van der Waals surface area (Å²) in [6, 6.07) is 0. The van der Waals surface area contributed by atoms with Crippen molar-refractivity contribution in [3.8, 4) is 0 Å². The zero-order valence-corrected chi connectivity index (χ0v) is 19.0. The van der Waals surface area contributed by atoms with Crippen molar-refractivity contribution in [2.24, 2.45) is 0 Å². The Morgan fingerprint density at radius 2 is 1.39 bits per heavy atom. The van der Waals surface area contributed by atoms with E-state index in [1.165, 1.54) is 12.8 Å². The van der Waals surface area contributed by atoms with Crippen LogP contribution in [0.2, 0.25) is 0 Å². The molecule has 0 aromatic rings. The lowest BCUT2D eigenvalue weighted by atomic mass is 10.1. The summed E-state index contributed by atoms with van der Waals surface area (Å²) < 4.78 is 25.8. The molecule has 6 nitrogen and oxygen atoms in total. The van der Waals surface area contributed by atoms with Crippen LogP contribution in [0, 0.1) is 0 Å². The third-order valence-electron chi connectivity index (χ3n) is 4.31. The first-order valence-corrected chi connectivity index (χ1v) is 11.9. The number of hydrogen-bond donors (Lipinski definition) is 1. The summed E-state index contributed by atoms with van der Waals surface area (Å²) in [5.41, 5.74) is 0. The first-order chi connectivity index (χ1) is 13.6. The molecule has 0 saturated heterocycles. The normalized spacial score (nSPS) is 12.1. The van der Waals surface area contributed by atoms with E-state index in [-0.39, 0.29) is 25.2 Å². The van der Waals surface area contributed by atoms with Gasteiger partial charge in [0.15, 0.2) is 6.10 Å². The average molecular weight is 437 g/mol. The molecule has 0 aliphatic carbocycles. The fourth-order valence-corrected chi connectivity index (χ4v) is 3.14. The molecule has 0 saturated carbocycles. The topological polar surface area (TPSA) is 78.9 Å². The molecule has 8 heteroatoms. The van der Waals surface area contributed by atoms with Crippen LogP contribution in [0.15, 0.2) is 0 Å². The number of thiol groups is 1. The van der Waals surface area contributed by atoms with Gasteiger partial charge in [0.05, 0.1) is 0 Å². The molecule has 0 bridgehead atoms. The zero-order valence-electron chi connectivity index (χ0n) is 17.2. The summed E-state index contributed by atoms with van der Waals surface area (Å²) in [5.74, 6) is 0.271. The Morgan fingerprint density at radius 1 is 0.821 bits per heavy atom. The largest absolute Gasteiger partial charge is 0.462 e. The summed E-state index contributed by atoms with van der Waals surface area (Å²) in [6.07, 6.45) is 11.5. The highest BCUT2D eigenvalue weighted by Crippen LogP contribution is 2.10. The van der Waals surface area contributed by atoms with Crippen molar-refractivity contribution in [2.45, 2.75) is 96.5 Å². The monoisotopic (exact) mass is 436 g/mol. The number of rotatable bonds is 20. The number of hydrogen-bond acceptors (Lipinski definition) is 7. The van der Waals surface area contributed by atoms with Crippen molar-refractivity contribution in [1.29, 1.82) is 0 Å². The van der Waals surface area contributed by atoms with E-state index in [1.807, 2.05) is 0 Å². The van der Waals surface area contributed by atoms with E-state index in [1.54, 1.807) is 0 Å². The standard InChI is InChI=1S/C20H37O6PS/c1-2-3-4-7-11-14-20(22)26-18(17-25-27-23)16-24-19(21)13-10-8-5-6-9-12-15-28/h18,28H,2-17H2,1H3/t18-/m0/s1. The molecule has 0 unspecified atom stereocenters. The lowest BCUT2D eigenvalue weighted by Crippen LogP contribution is -2.28. The van der Waals surface area contributed by atoms with Gasteiger partial charge in [0.2, 0.25) is 0 Å². The van der Waals surface area contributed by atoms with Gasteiger partial charge in [0.1, 0.15) is 13.2 Å². The first-order valence-electron chi connectivity index (χ1n) is 10.5. The first kappa shape index (κ1) is 27.4. The Hall–Kier alpha value is -0.650. The van der Waals surface area contributed by atoms with E-state index < -0.39 is 14.8 Å². The van der Waals surface area contributed by atoms with Crippen LogP contribution >= 0.6 is 21.3 Å². The quantitative estimate of drug-likeness (QED) is 0.114. The van der Waals surface area contributed by atoms with Gasteiger partial charge in [-0.15, -0.1) is 0 Å².